The minimum absolute atomic E-state index is 0.0386. The third kappa shape index (κ3) is 11.9. The molecular weight excluding hydrogens is 972 g/mol. The molecule has 7 rings (SSSR count). The van der Waals surface area contributed by atoms with Crippen LogP contribution in [0, 0.1) is 0 Å². The molecular formula is C45H51O27+. The minimum atomic E-state index is -2.04. The second-order valence-corrected chi connectivity index (χ2v) is 16.7. The van der Waals surface area contributed by atoms with Crippen LogP contribution >= 0.6 is 0 Å². The molecule has 72 heavy (non-hydrogen) atoms. The first-order chi connectivity index (χ1) is 34.1. The number of aliphatic carboxylic acids is 1. The van der Waals surface area contributed by atoms with Gasteiger partial charge in [0.1, 0.15) is 110 Å². The lowest BCUT2D eigenvalue weighted by atomic mass is 9.98. The number of ether oxygens (including phenoxy) is 9. The fourth-order valence-electron chi connectivity index (χ4n) is 7.71. The largest absolute Gasteiger partial charge is 0.571 e. The van der Waals surface area contributed by atoms with Gasteiger partial charge < -0.3 is 119 Å². The SMILES string of the molecule is O=C(O)CC(=O)OCC1OC(OC2=Cc3c(O)cc(OC4OC(COC(=O)C=Cc5ccc(O)c(O)c5)C(O)C(O)C4O)cc3[OH+]C2c2ccc(O)c(OC3OC(CO)C(O)C(O)C3O)c2)C(O)C(O)C1O. The van der Waals surface area contributed by atoms with E-state index in [1.807, 2.05) is 0 Å². The first-order valence-corrected chi connectivity index (χ1v) is 21.7. The molecule has 0 aromatic heterocycles. The molecule has 4 aliphatic rings. The number of aliphatic hydroxyl groups excluding tert-OH is 10. The van der Waals surface area contributed by atoms with Crippen LogP contribution in [0.2, 0.25) is 0 Å². The second kappa shape index (κ2) is 22.5. The van der Waals surface area contributed by atoms with Crippen molar-refractivity contribution < 1.29 is 134 Å². The molecule has 0 bridgehead atoms. The van der Waals surface area contributed by atoms with E-state index in [9.17, 15) is 85.9 Å². The highest BCUT2D eigenvalue weighted by molar-refractivity contribution is 5.90. The lowest BCUT2D eigenvalue weighted by Gasteiger charge is -2.41. The highest BCUT2D eigenvalue weighted by Crippen LogP contribution is 2.47. The van der Waals surface area contributed by atoms with Crippen LogP contribution in [0.3, 0.4) is 0 Å². The molecule has 3 fully saturated rings. The van der Waals surface area contributed by atoms with Crippen LogP contribution in [0.25, 0.3) is 12.2 Å². The number of hydrogen-bond acceptors (Lipinski definition) is 25. The summed E-state index contributed by atoms with van der Waals surface area (Å²) in [7, 11) is 0. The van der Waals surface area contributed by atoms with Gasteiger partial charge in [0.25, 0.3) is 11.9 Å². The van der Waals surface area contributed by atoms with E-state index < -0.39 is 171 Å². The van der Waals surface area contributed by atoms with Crippen LogP contribution in [0.5, 0.6) is 40.2 Å². The van der Waals surface area contributed by atoms with Gasteiger partial charge in [0.05, 0.1) is 18.2 Å². The van der Waals surface area contributed by atoms with Crippen molar-refractivity contribution in [1.29, 1.82) is 0 Å². The topological polar surface area (TPSA) is 441 Å². The third-order valence-corrected chi connectivity index (χ3v) is 11.7. The first-order valence-electron chi connectivity index (χ1n) is 21.7. The van der Waals surface area contributed by atoms with Gasteiger partial charge in [-0.25, -0.2) is 4.79 Å². The van der Waals surface area contributed by atoms with Crippen molar-refractivity contribution in [3.05, 3.63) is 77.1 Å². The van der Waals surface area contributed by atoms with Gasteiger partial charge in [-0.05, 0) is 42.0 Å². The predicted octanol–water partition coefficient (Wildman–Crippen LogP) is -3.69. The number of benzene rings is 3. The maximum atomic E-state index is 12.5. The van der Waals surface area contributed by atoms with E-state index in [0.717, 1.165) is 24.3 Å². The molecule has 27 nitrogen and oxygen atoms in total. The molecule has 0 amide bonds. The number of aliphatic hydroxyl groups is 11. The zero-order chi connectivity index (χ0) is 52.3. The number of phenols is 4. The highest BCUT2D eigenvalue weighted by Gasteiger charge is 2.49. The van der Waals surface area contributed by atoms with E-state index in [1.54, 1.807) is 0 Å². The van der Waals surface area contributed by atoms with Crippen LogP contribution in [-0.2, 0) is 42.8 Å². The number of hydrogen-bond donors (Lipinski definition) is 15. The van der Waals surface area contributed by atoms with Gasteiger partial charge in [-0.3, -0.25) is 9.59 Å². The number of aromatic hydroxyl groups is 5. The van der Waals surface area contributed by atoms with E-state index in [4.69, 9.17) is 43.0 Å². The van der Waals surface area contributed by atoms with Gasteiger partial charge in [-0.15, -0.1) is 0 Å². The van der Waals surface area contributed by atoms with Crippen LogP contribution in [0.4, 0.5) is 0 Å². The van der Waals surface area contributed by atoms with Crippen molar-refractivity contribution in [2.24, 2.45) is 0 Å². The van der Waals surface area contributed by atoms with Gasteiger partial charge in [0.2, 0.25) is 18.9 Å². The molecule has 3 aromatic rings. The van der Waals surface area contributed by atoms with E-state index >= 15 is 0 Å². The Labute approximate surface area is 404 Å². The number of carboxylic acid groups (broad SMARTS) is 1. The van der Waals surface area contributed by atoms with E-state index in [0.29, 0.717) is 5.56 Å². The Morgan fingerprint density at radius 1 is 0.597 bits per heavy atom. The summed E-state index contributed by atoms with van der Waals surface area (Å²) >= 11 is 0. The summed E-state index contributed by atoms with van der Waals surface area (Å²) in [5.41, 5.74) is 0.236. The van der Waals surface area contributed by atoms with Crippen LogP contribution in [-0.4, -0.2) is 211 Å². The zero-order valence-electron chi connectivity index (χ0n) is 37.1. The Balaban J connectivity index is 1.15. The van der Waals surface area contributed by atoms with E-state index in [1.165, 1.54) is 42.5 Å². The van der Waals surface area contributed by atoms with E-state index in [2.05, 4.69) is 4.74 Å². The van der Waals surface area contributed by atoms with Gasteiger partial charge >= 0.3 is 17.9 Å². The average Bonchev–Trinajstić information content (AvgIpc) is 3.34. The molecule has 4 aliphatic heterocycles. The van der Waals surface area contributed by atoms with Crippen LogP contribution in [0.1, 0.15) is 29.2 Å². The summed E-state index contributed by atoms with van der Waals surface area (Å²) in [6.07, 6.45) is -26.4. The summed E-state index contributed by atoms with van der Waals surface area (Å²) in [6.45, 7) is -2.32. The summed E-state index contributed by atoms with van der Waals surface area (Å²) in [4.78, 5) is 35.5. The molecule has 0 aliphatic carbocycles. The molecule has 392 valence electrons. The summed E-state index contributed by atoms with van der Waals surface area (Å²) in [5, 5.41) is 156. The molecule has 3 aromatic carbocycles. The predicted molar refractivity (Wildman–Crippen MR) is 231 cm³/mol. The molecule has 16 unspecified atom stereocenters. The standard InChI is InChI=1S/C45H50O27/c46-13-27-33(55)36(58)40(62)44(70-27)68-25-8-17(3-5-21(25)48)42-26(69-45-41(63)38(60)35(57)29(72-45)15-65-32(54)12-30(51)52)11-19-22(49)9-18(10-24(19)67-42)66-43-39(61)37(59)34(56)28(71-43)14-64-31(53)6-2-16-1-4-20(47)23(50)7-16/h1-11,27-29,33-50,55-63H,12-15H2,(H,51,52)/p+1. The lowest BCUT2D eigenvalue weighted by Crippen LogP contribution is -2.60. The molecule has 0 saturated carbocycles. The summed E-state index contributed by atoms with van der Waals surface area (Å²) in [5.74, 6) is -6.86. The normalized spacial score (nSPS) is 32.4. The lowest BCUT2D eigenvalue weighted by molar-refractivity contribution is -0.296. The number of phenolic OH excluding ortho intramolecular Hbond substituents is 4. The van der Waals surface area contributed by atoms with Gasteiger partial charge in [0.15, 0.2) is 28.8 Å². The molecule has 16 N–H and O–H groups in total. The number of rotatable bonds is 16. The highest BCUT2D eigenvalue weighted by atomic mass is 16.7. The number of fused-ring (bicyclic) bond motifs is 1. The summed E-state index contributed by atoms with van der Waals surface area (Å²) in [6, 6.07) is 9.49. The Hall–Kier alpha value is -6.57. The molecule has 0 spiro atoms. The van der Waals surface area contributed by atoms with Crippen molar-refractivity contribution in [3.63, 3.8) is 0 Å². The minimum Gasteiger partial charge on any atom is -0.571 e. The Kier molecular flexibility index (Phi) is 16.6. The number of esters is 2. The smallest absolute Gasteiger partial charge is 0.330 e. The zero-order valence-corrected chi connectivity index (χ0v) is 37.1. The quantitative estimate of drug-likeness (QED) is 0.0216. The number of carbonyl (C=O) groups excluding carboxylic acids is 2. The average molecular weight is 1020 g/mol. The van der Waals surface area contributed by atoms with Gasteiger partial charge in [0, 0.05) is 18.2 Å². The molecule has 27 heteroatoms. The fourth-order valence-corrected chi connectivity index (χ4v) is 7.71. The maximum Gasteiger partial charge on any atom is 0.330 e. The van der Waals surface area contributed by atoms with Gasteiger partial charge in [-0.1, -0.05) is 6.07 Å². The molecule has 16 atom stereocenters. The van der Waals surface area contributed by atoms with Crippen molar-refractivity contribution >= 4 is 30.1 Å². The molecule has 3 saturated heterocycles. The first kappa shape index (κ1) is 53.2. The Bertz CT molecular complexity index is 2500. The third-order valence-electron chi connectivity index (χ3n) is 11.7. The van der Waals surface area contributed by atoms with Gasteiger partial charge in [-0.2, -0.15) is 0 Å². The van der Waals surface area contributed by atoms with Crippen LogP contribution < -0.4 is 9.47 Å². The maximum absolute atomic E-state index is 12.5. The van der Waals surface area contributed by atoms with Crippen molar-refractivity contribution in [2.75, 3.05) is 19.8 Å². The van der Waals surface area contributed by atoms with Crippen molar-refractivity contribution in [3.8, 4) is 40.2 Å². The number of carbonyl (C=O) groups is 3. The molecule has 0 radical (unpaired) electrons. The number of carboxylic acids is 1. The van der Waals surface area contributed by atoms with Crippen molar-refractivity contribution in [2.45, 2.75) is 105 Å². The molecule has 4 heterocycles. The summed E-state index contributed by atoms with van der Waals surface area (Å²) < 4.78 is 49.0. The van der Waals surface area contributed by atoms with Crippen molar-refractivity contribution in [1.82, 2.24) is 0 Å². The Morgan fingerprint density at radius 2 is 1.17 bits per heavy atom. The second-order valence-electron chi connectivity index (χ2n) is 16.7. The fraction of sp³-hybridized carbons (Fsp3) is 0.444. The van der Waals surface area contributed by atoms with Crippen LogP contribution in [0.15, 0.2) is 60.4 Å². The van der Waals surface area contributed by atoms with E-state index in [-0.39, 0.29) is 28.4 Å². The monoisotopic (exact) mass is 1020 g/mol. The Morgan fingerprint density at radius 3 is 1.78 bits per heavy atom.